The number of aromatic nitrogens is 2. The molecule has 2 aromatic heterocycles. The summed E-state index contributed by atoms with van der Waals surface area (Å²) in [6.07, 6.45) is 3.88. The number of carbonyl (C=O) groups is 1. The largest absolute Gasteiger partial charge is 0.369 e. The predicted molar refractivity (Wildman–Crippen MR) is 80.9 cm³/mol. The quantitative estimate of drug-likeness (QED) is 0.870. The van der Waals surface area contributed by atoms with Crippen molar-refractivity contribution in [2.45, 2.75) is 31.0 Å². The van der Waals surface area contributed by atoms with Crippen LogP contribution < -0.4 is 11.1 Å². The van der Waals surface area contributed by atoms with Crippen molar-refractivity contribution in [2.24, 2.45) is 5.73 Å². The second-order valence-electron chi connectivity index (χ2n) is 5.79. The number of piperazine rings is 1. The number of thiophene rings is 1. The van der Waals surface area contributed by atoms with Gasteiger partial charge in [-0.15, -0.1) is 11.3 Å². The molecule has 2 aromatic rings. The average molecular weight is 303 g/mol. The van der Waals surface area contributed by atoms with Gasteiger partial charge >= 0.3 is 0 Å². The molecule has 110 valence electrons. The highest BCUT2D eigenvalue weighted by molar-refractivity contribution is 7.16. The summed E-state index contributed by atoms with van der Waals surface area (Å²) in [5.41, 5.74) is 6.45. The van der Waals surface area contributed by atoms with Crippen LogP contribution in [0.15, 0.2) is 17.8 Å². The Bertz CT molecular complexity index is 687. The lowest BCUT2D eigenvalue weighted by Gasteiger charge is -2.40. The Labute approximate surface area is 126 Å². The van der Waals surface area contributed by atoms with Crippen LogP contribution in [0.2, 0.25) is 0 Å². The van der Waals surface area contributed by atoms with Gasteiger partial charge in [0.1, 0.15) is 11.2 Å². The van der Waals surface area contributed by atoms with Crippen LogP contribution in [0.25, 0.3) is 10.2 Å². The van der Waals surface area contributed by atoms with E-state index in [9.17, 15) is 4.79 Å². The van der Waals surface area contributed by atoms with E-state index in [1.54, 1.807) is 17.7 Å². The molecule has 2 fully saturated rings. The number of carbonyl (C=O) groups excluding carboxylic acids is 1. The molecule has 3 N–H and O–H groups in total. The van der Waals surface area contributed by atoms with E-state index in [1.165, 1.54) is 0 Å². The molecule has 3 atom stereocenters. The highest BCUT2D eigenvalue weighted by Gasteiger charge is 2.42. The van der Waals surface area contributed by atoms with E-state index < -0.39 is 0 Å². The molecule has 2 aliphatic heterocycles. The SMILES string of the molecule is NC(=O)CN1CC2CCC(N2)C1c1ncnc2sccc12. The fourth-order valence-corrected chi connectivity index (χ4v) is 4.41. The number of nitrogens with zero attached hydrogens (tertiary/aromatic N) is 3. The van der Waals surface area contributed by atoms with Crippen LogP contribution in [0.1, 0.15) is 24.6 Å². The Balaban J connectivity index is 1.78. The zero-order chi connectivity index (χ0) is 14.4. The molecule has 1 amide bonds. The number of rotatable bonds is 3. The van der Waals surface area contributed by atoms with Crippen LogP contribution >= 0.6 is 11.3 Å². The van der Waals surface area contributed by atoms with E-state index in [2.05, 4.69) is 26.3 Å². The van der Waals surface area contributed by atoms with Crippen molar-refractivity contribution < 1.29 is 4.79 Å². The summed E-state index contributed by atoms with van der Waals surface area (Å²) in [7, 11) is 0. The van der Waals surface area contributed by atoms with Crippen LogP contribution in [0.3, 0.4) is 0 Å². The molecule has 3 unspecified atom stereocenters. The van der Waals surface area contributed by atoms with Crippen LogP contribution in [-0.4, -0.2) is 45.9 Å². The monoisotopic (exact) mass is 303 g/mol. The molecule has 0 spiro atoms. The van der Waals surface area contributed by atoms with E-state index in [-0.39, 0.29) is 18.5 Å². The van der Waals surface area contributed by atoms with Gasteiger partial charge < -0.3 is 11.1 Å². The van der Waals surface area contributed by atoms with Crippen LogP contribution in [0.5, 0.6) is 0 Å². The first-order valence-corrected chi connectivity index (χ1v) is 8.07. The molecule has 2 aliphatic rings. The predicted octanol–water partition coefficient (Wildman–Crippen LogP) is 0.654. The highest BCUT2D eigenvalue weighted by atomic mass is 32.1. The molecule has 2 saturated heterocycles. The summed E-state index contributed by atoms with van der Waals surface area (Å²) >= 11 is 1.62. The second kappa shape index (κ2) is 5.01. The molecule has 0 radical (unpaired) electrons. The summed E-state index contributed by atoms with van der Waals surface area (Å²) in [6.45, 7) is 1.13. The third-order valence-electron chi connectivity index (χ3n) is 4.44. The molecule has 0 aliphatic carbocycles. The van der Waals surface area contributed by atoms with Gasteiger partial charge in [0.2, 0.25) is 5.91 Å². The fraction of sp³-hybridized carbons (Fsp3) is 0.500. The standard InChI is InChI=1S/C14H17N5OS/c15-11(20)6-19-5-8-1-2-10(18-8)13(19)12-9-3-4-21-14(9)17-7-16-12/h3-4,7-8,10,13,18H,1-2,5-6H2,(H2,15,20). The van der Waals surface area contributed by atoms with Gasteiger partial charge in [-0.1, -0.05) is 0 Å². The normalized spacial score (nSPS) is 29.0. The number of hydrogen-bond acceptors (Lipinski definition) is 6. The summed E-state index contributed by atoms with van der Waals surface area (Å²) in [5, 5.41) is 6.78. The molecular formula is C14H17N5OS. The summed E-state index contributed by atoms with van der Waals surface area (Å²) < 4.78 is 0. The zero-order valence-electron chi connectivity index (χ0n) is 11.5. The smallest absolute Gasteiger partial charge is 0.231 e. The minimum atomic E-state index is -0.281. The van der Waals surface area contributed by atoms with Crippen molar-refractivity contribution in [1.82, 2.24) is 20.2 Å². The van der Waals surface area contributed by atoms with Gasteiger partial charge in [0.15, 0.2) is 0 Å². The lowest BCUT2D eigenvalue weighted by atomic mass is 9.99. The first kappa shape index (κ1) is 13.1. The van der Waals surface area contributed by atoms with Gasteiger partial charge in [-0.3, -0.25) is 9.69 Å². The number of primary amides is 1. The van der Waals surface area contributed by atoms with Gasteiger partial charge in [0.25, 0.3) is 0 Å². The van der Waals surface area contributed by atoms with Crippen molar-refractivity contribution in [2.75, 3.05) is 13.1 Å². The molecule has 6 nitrogen and oxygen atoms in total. The lowest BCUT2D eigenvalue weighted by molar-refractivity contribution is -0.120. The summed E-state index contributed by atoms with van der Waals surface area (Å²) in [5.74, 6) is -0.281. The minimum absolute atomic E-state index is 0.0938. The Morgan fingerprint density at radius 1 is 1.48 bits per heavy atom. The van der Waals surface area contributed by atoms with Crippen LogP contribution in [0, 0.1) is 0 Å². The summed E-state index contributed by atoms with van der Waals surface area (Å²) in [6, 6.07) is 2.96. The molecular weight excluding hydrogens is 286 g/mol. The first-order valence-electron chi connectivity index (χ1n) is 7.19. The van der Waals surface area contributed by atoms with E-state index in [4.69, 9.17) is 5.73 Å². The van der Waals surface area contributed by atoms with Crippen molar-refractivity contribution in [3.05, 3.63) is 23.5 Å². The molecule has 7 heteroatoms. The highest BCUT2D eigenvalue weighted by Crippen LogP contribution is 2.37. The Kier molecular flexibility index (Phi) is 3.13. The topological polar surface area (TPSA) is 84.1 Å². The third-order valence-corrected chi connectivity index (χ3v) is 5.26. The van der Waals surface area contributed by atoms with Crippen molar-refractivity contribution >= 4 is 27.5 Å². The first-order chi connectivity index (χ1) is 10.2. The number of amides is 1. The van der Waals surface area contributed by atoms with Crippen LogP contribution in [0.4, 0.5) is 0 Å². The maximum Gasteiger partial charge on any atom is 0.231 e. The third kappa shape index (κ3) is 2.21. The molecule has 4 rings (SSSR count). The van der Waals surface area contributed by atoms with Gasteiger partial charge in [0.05, 0.1) is 18.3 Å². The van der Waals surface area contributed by atoms with E-state index >= 15 is 0 Å². The second-order valence-corrected chi connectivity index (χ2v) is 6.68. The van der Waals surface area contributed by atoms with Crippen molar-refractivity contribution in [3.8, 4) is 0 Å². The number of nitrogens with one attached hydrogen (secondary N) is 1. The minimum Gasteiger partial charge on any atom is -0.369 e. The molecule has 4 heterocycles. The number of likely N-dealkylation sites (tertiary alicyclic amines) is 1. The Hall–Kier alpha value is -1.57. The Morgan fingerprint density at radius 2 is 2.38 bits per heavy atom. The number of nitrogens with two attached hydrogens (primary N) is 1. The molecule has 2 bridgehead atoms. The average Bonchev–Trinajstić information content (AvgIpc) is 3.05. The molecule has 21 heavy (non-hydrogen) atoms. The molecule has 0 aromatic carbocycles. The van der Waals surface area contributed by atoms with Gasteiger partial charge in [-0.05, 0) is 24.3 Å². The maximum atomic E-state index is 11.4. The number of hydrogen-bond donors (Lipinski definition) is 2. The van der Waals surface area contributed by atoms with E-state index in [0.717, 1.165) is 35.3 Å². The van der Waals surface area contributed by atoms with Crippen LogP contribution in [-0.2, 0) is 4.79 Å². The number of fused-ring (bicyclic) bond motifs is 3. The molecule has 0 saturated carbocycles. The van der Waals surface area contributed by atoms with E-state index in [1.807, 2.05) is 5.38 Å². The maximum absolute atomic E-state index is 11.4. The van der Waals surface area contributed by atoms with Crippen molar-refractivity contribution in [1.29, 1.82) is 0 Å². The van der Waals surface area contributed by atoms with Crippen molar-refractivity contribution in [3.63, 3.8) is 0 Å². The zero-order valence-corrected chi connectivity index (χ0v) is 12.3. The van der Waals surface area contributed by atoms with Gasteiger partial charge in [-0.25, -0.2) is 9.97 Å². The fourth-order valence-electron chi connectivity index (χ4n) is 3.67. The lowest BCUT2D eigenvalue weighted by Crippen LogP contribution is -2.55. The van der Waals surface area contributed by atoms with Gasteiger partial charge in [0, 0.05) is 24.0 Å². The summed E-state index contributed by atoms with van der Waals surface area (Å²) in [4.78, 5) is 23.5. The van der Waals surface area contributed by atoms with Gasteiger partial charge in [-0.2, -0.15) is 0 Å². The Morgan fingerprint density at radius 3 is 3.24 bits per heavy atom. The van der Waals surface area contributed by atoms with E-state index in [0.29, 0.717) is 12.1 Å².